The number of hydrogen-bond donors (Lipinski definition) is 1. The first-order chi connectivity index (χ1) is 8.49. The van der Waals surface area contributed by atoms with Gasteiger partial charge in [-0.15, -0.1) is 11.8 Å². The summed E-state index contributed by atoms with van der Waals surface area (Å²) < 4.78 is 12.6. The lowest BCUT2D eigenvalue weighted by atomic mass is 10.4. The molecule has 0 saturated heterocycles. The van der Waals surface area contributed by atoms with Gasteiger partial charge in [0.25, 0.3) is 0 Å². The second-order valence-corrected chi connectivity index (χ2v) is 4.75. The summed E-state index contributed by atoms with van der Waals surface area (Å²) in [6.07, 6.45) is -0.0660. The van der Waals surface area contributed by atoms with Crippen LogP contribution in [-0.2, 0) is 9.59 Å². The number of benzene rings is 1. The molecule has 18 heavy (non-hydrogen) atoms. The van der Waals surface area contributed by atoms with Crippen LogP contribution < -0.4 is 0 Å². The van der Waals surface area contributed by atoms with Gasteiger partial charge in [0.1, 0.15) is 5.82 Å². The zero-order valence-corrected chi connectivity index (χ0v) is 10.7. The largest absolute Gasteiger partial charge is 0.481 e. The molecule has 0 aliphatic rings. The molecule has 0 heterocycles. The minimum Gasteiger partial charge on any atom is -0.481 e. The zero-order valence-electron chi connectivity index (χ0n) is 9.93. The minimum atomic E-state index is -0.930. The number of hydrogen-bond acceptors (Lipinski definition) is 3. The summed E-state index contributed by atoms with van der Waals surface area (Å²) in [6.45, 7) is 0.193. The molecule has 0 aliphatic carbocycles. The third-order valence-corrected chi connectivity index (χ3v) is 3.26. The van der Waals surface area contributed by atoms with E-state index in [4.69, 9.17) is 5.11 Å². The first kappa shape index (κ1) is 14.5. The molecule has 0 spiro atoms. The predicted molar refractivity (Wildman–Crippen MR) is 67.0 cm³/mol. The summed E-state index contributed by atoms with van der Waals surface area (Å²) in [6, 6.07) is 5.87. The molecule has 4 nitrogen and oxygen atoms in total. The highest BCUT2D eigenvalue weighted by molar-refractivity contribution is 8.00. The lowest BCUT2D eigenvalue weighted by Gasteiger charge is -2.15. The number of carbonyl (C=O) groups is 2. The molecule has 0 radical (unpaired) electrons. The fourth-order valence-electron chi connectivity index (χ4n) is 1.17. The minimum absolute atomic E-state index is 0.0660. The summed E-state index contributed by atoms with van der Waals surface area (Å²) in [4.78, 5) is 24.2. The van der Waals surface area contributed by atoms with Gasteiger partial charge in [0, 0.05) is 18.5 Å². The van der Waals surface area contributed by atoms with E-state index in [0.717, 1.165) is 4.90 Å². The third-order valence-electron chi connectivity index (χ3n) is 2.26. The molecule has 98 valence electrons. The molecule has 1 aromatic carbocycles. The Balaban J connectivity index is 2.36. The van der Waals surface area contributed by atoms with Gasteiger partial charge in [-0.25, -0.2) is 4.39 Å². The van der Waals surface area contributed by atoms with Crippen molar-refractivity contribution in [1.29, 1.82) is 0 Å². The normalized spacial score (nSPS) is 10.1. The van der Waals surface area contributed by atoms with Gasteiger partial charge in [-0.2, -0.15) is 0 Å². The van der Waals surface area contributed by atoms with Crippen molar-refractivity contribution in [3.63, 3.8) is 0 Å². The number of thioether (sulfide) groups is 1. The number of aliphatic carboxylic acids is 1. The van der Waals surface area contributed by atoms with Crippen molar-refractivity contribution < 1.29 is 19.1 Å². The third kappa shape index (κ3) is 5.18. The van der Waals surface area contributed by atoms with E-state index in [1.54, 1.807) is 19.2 Å². The highest BCUT2D eigenvalue weighted by Crippen LogP contribution is 2.18. The van der Waals surface area contributed by atoms with Crippen molar-refractivity contribution in [3.8, 4) is 0 Å². The molecule has 0 unspecified atom stereocenters. The smallest absolute Gasteiger partial charge is 0.305 e. The summed E-state index contributed by atoms with van der Waals surface area (Å²) in [5.41, 5.74) is 0. The highest BCUT2D eigenvalue weighted by atomic mass is 32.2. The molecule has 1 aromatic rings. The van der Waals surface area contributed by atoms with Gasteiger partial charge >= 0.3 is 5.97 Å². The monoisotopic (exact) mass is 271 g/mol. The van der Waals surface area contributed by atoms with E-state index < -0.39 is 5.97 Å². The maximum Gasteiger partial charge on any atom is 0.305 e. The Morgan fingerprint density at radius 3 is 2.50 bits per heavy atom. The standard InChI is InChI=1S/C12H14FNO3S/c1-14(7-6-12(16)17)11(15)8-18-10-4-2-9(13)3-5-10/h2-5H,6-8H2,1H3,(H,16,17). The van der Waals surface area contributed by atoms with E-state index in [-0.39, 0.29) is 30.4 Å². The SMILES string of the molecule is CN(CCC(=O)O)C(=O)CSc1ccc(F)cc1. The average molecular weight is 271 g/mol. The van der Waals surface area contributed by atoms with Gasteiger partial charge < -0.3 is 10.0 Å². The van der Waals surface area contributed by atoms with Crippen LogP contribution in [0.3, 0.4) is 0 Å². The van der Waals surface area contributed by atoms with E-state index in [1.165, 1.54) is 28.8 Å². The van der Waals surface area contributed by atoms with Crippen molar-refractivity contribution >= 4 is 23.6 Å². The summed E-state index contributed by atoms with van der Waals surface area (Å²) in [5, 5.41) is 8.50. The van der Waals surface area contributed by atoms with Crippen LogP contribution in [0, 0.1) is 5.82 Å². The fourth-order valence-corrected chi connectivity index (χ4v) is 2.01. The fraction of sp³-hybridized carbons (Fsp3) is 0.333. The van der Waals surface area contributed by atoms with Crippen LogP contribution in [0.15, 0.2) is 29.2 Å². The van der Waals surface area contributed by atoms with Gasteiger partial charge in [0.2, 0.25) is 5.91 Å². The first-order valence-electron chi connectivity index (χ1n) is 5.33. The topological polar surface area (TPSA) is 57.6 Å². The Labute approximate surface area is 109 Å². The molecular formula is C12H14FNO3S. The Hall–Kier alpha value is -1.56. The Kier molecular flexibility index (Phi) is 5.64. The number of rotatable bonds is 6. The summed E-state index contributed by atoms with van der Waals surface area (Å²) >= 11 is 1.29. The van der Waals surface area contributed by atoms with Crippen LogP contribution in [0.5, 0.6) is 0 Å². The molecule has 1 amide bonds. The van der Waals surface area contributed by atoms with Gasteiger partial charge in [-0.05, 0) is 24.3 Å². The van der Waals surface area contributed by atoms with Crippen LogP contribution in [-0.4, -0.2) is 41.2 Å². The van der Waals surface area contributed by atoms with Crippen molar-refractivity contribution in [3.05, 3.63) is 30.1 Å². The molecule has 0 aliphatic heterocycles. The molecule has 1 rings (SSSR count). The van der Waals surface area contributed by atoms with Crippen molar-refractivity contribution in [2.45, 2.75) is 11.3 Å². The van der Waals surface area contributed by atoms with E-state index >= 15 is 0 Å². The summed E-state index contributed by atoms with van der Waals surface area (Å²) in [7, 11) is 1.57. The van der Waals surface area contributed by atoms with E-state index in [1.807, 2.05) is 0 Å². The molecule has 0 fully saturated rings. The van der Waals surface area contributed by atoms with E-state index in [2.05, 4.69) is 0 Å². The Morgan fingerprint density at radius 2 is 1.94 bits per heavy atom. The molecule has 6 heteroatoms. The number of nitrogens with zero attached hydrogens (tertiary/aromatic N) is 1. The maximum absolute atomic E-state index is 12.6. The van der Waals surface area contributed by atoms with Crippen LogP contribution in [0.4, 0.5) is 4.39 Å². The lowest BCUT2D eigenvalue weighted by molar-refractivity contribution is -0.137. The maximum atomic E-state index is 12.6. The number of carboxylic acid groups (broad SMARTS) is 1. The first-order valence-corrected chi connectivity index (χ1v) is 6.31. The molecular weight excluding hydrogens is 257 g/mol. The second-order valence-electron chi connectivity index (χ2n) is 3.70. The number of carbonyl (C=O) groups excluding carboxylic acids is 1. The predicted octanol–water partition coefficient (Wildman–Crippen LogP) is 1.85. The van der Waals surface area contributed by atoms with Crippen LogP contribution >= 0.6 is 11.8 Å². The van der Waals surface area contributed by atoms with Crippen LogP contribution in [0.25, 0.3) is 0 Å². The molecule has 0 saturated carbocycles. The second kappa shape index (κ2) is 7.00. The van der Waals surface area contributed by atoms with Crippen LogP contribution in [0.1, 0.15) is 6.42 Å². The highest BCUT2D eigenvalue weighted by Gasteiger charge is 2.10. The Bertz CT molecular complexity index is 422. The van der Waals surface area contributed by atoms with Gasteiger partial charge in [-0.3, -0.25) is 9.59 Å². The quantitative estimate of drug-likeness (QED) is 0.802. The zero-order chi connectivity index (χ0) is 13.5. The van der Waals surface area contributed by atoms with Crippen molar-refractivity contribution in [2.24, 2.45) is 0 Å². The van der Waals surface area contributed by atoms with Gasteiger partial charge in [0.15, 0.2) is 0 Å². The molecule has 1 N–H and O–H groups in total. The van der Waals surface area contributed by atoms with Crippen molar-refractivity contribution in [1.82, 2.24) is 4.90 Å². The molecule has 0 aromatic heterocycles. The van der Waals surface area contributed by atoms with E-state index in [0.29, 0.717) is 0 Å². The van der Waals surface area contributed by atoms with Crippen molar-refractivity contribution in [2.75, 3.05) is 19.3 Å². The molecule has 0 atom stereocenters. The summed E-state index contributed by atoms with van der Waals surface area (Å²) in [5.74, 6) is -1.18. The number of amides is 1. The lowest BCUT2D eigenvalue weighted by Crippen LogP contribution is -2.30. The molecule has 0 bridgehead atoms. The number of halogens is 1. The number of carboxylic acids is 1. The average Bonchev–Trinajstić information content (AvgIpc) is 2.34. The van der Waals surface area contributed by atoms with Gasteiger partial charge in [-0.1, -0.05) is 0 Å². The van der Waals surface area contributed by atoms with E-state index in [9.17, 15) is 14.0 Å². The van der Waals surface area contributed by atoms with Gasteiger partial charge in [0.05, 0.1) is 12.2 Å². The van der Waals surface area contributed by atoms with Crippen LogP contribution in [0.2, 0.25) is 0 Å². The Morgan fingerprint density at radius 1 is 1.33 bits per heavy atom.